The third-order valence-electron chi connectivity index (χ3n) is 13.4. The molecular weight excluding hydrogens is 970 g/mol. The minimum Gasteiger partial charge on any atom is -0.494 e. The minimum atomic E-state index is -0.940. The van der Waals surface area contributed by atoms with Crippen LogP contribution in [0, 0.1) is 33.1 Å². The van der Waals surface area contributed by atoms with E-state index in [-0.39, 0.29) is 35.9 Å². The Hall–Kier alpha value is -6.69. The van der Waals surface area contributed by atoms with Gasteiger partial charge in [0.2, 0.25) is 17.7 Å². The number of ether oxygens (including phenoxy) is 1. The van der Waals surface area contributed by atoms with E-state index in [9.17, 15) is 19.2 Å². The number of halogens is 1. The van der Waals surface area contributed by atoms with E-state index in [0.717, 1.165) is 54.9 Å². The first-order chi connectivity index (χ1) is 34.4. The standard InChI is InChI=1S/C54H58ClN9O6S2/c1-29-32(4)72-53-45(29)46(35-16-18-38(55)19-17-35)59-40(49-62-61-33(5)64(49)53)27-44(65)56-22-10-24-69-39-20-21-42-37(25-39)26-43(70-42)51(67)60-48(54(6,7)8)52(68)63-23-9-11-41(63)50(66)58-30(2)34-12-14-36(15-13-34)47-31(3)57-28-71-47/h12-21,25-26,28,30,40-41,48H,9-11,22-24,27H2,1-8H3,(H,56,65)(H,58,66)(H,60,67)/t30-,40-,41-,48?/m0/s1. The van der Waals surface area contributed by atoms with Crippen molar-refractivity contribution in [2.45, 2.75) is 105 Å². The number of likely N-dealkylation sites (tertiary alicyclic amines) is 1. The van der Waals surface area contributed by atoms with Crippen LogP contribution in [0.25, 0.3) is 26.4 Å². The van der Waals surface area contributed by atoms with E-state index in [2.05, 4.69) is 45.0 Å². The molecule has 4 aromatic heterocycles. The average Bonchev–Trinajstić information content (AvgIpc) is 4.20. The molecule has 15 nitrogen and oxygen atoms in total. The molecule has 9 rings (SSSR count). The number of benzene rings is 3. The van der Waals surface area contributed by atoms with Crippen molar-refractivity contribution in [3.05, 3.63) is 134 Å². The van der Waals surface area contributed by atoms with Gasteiger partial charge in [-0.15, -0.1) is 32.9 Å². The number of carbonyl (C=O) groups is 4. The number of hydrogen-bond donors (Lipinski definition) is 3. The fraction of sp³-hybridized carbons (Fsp3) is 0.370. The van der Waals surface area contributed by atoms with Gasteiger partial charge >= 0.3 is 0 Å². The highest BCUT2D eigenvalue weighted by molar-refractivity contribution is 7.15. The molecule has 2 aliphatic heterocycles. The molecule has 3 aromatic carbocycles. The predicted octanol–water partition coefficient (Wildman–Crippen LogP) is 9.97. The lowest BCUT2D eigenvalue weighted by atomic mass is 9.85. The van der Waals surface area contributed by atoms with Gasteiger partial charge in [-0.25, -0.2) is 4.98 Å². The van der Waals surface area contributed by atoms with Crippen molar-refractivity contribution in [2.24, 2.45) is 10.4 Å². The number of furan rings is 1. The largest absolute Gasteiger partial charge is 0.494 e. The van der Waals surface area contributed by atoms with E-state index < -0.39 is 29.4 Å². The van der Waals surface area contributed by atoms with Gasteiger partial charge in [0.05, 0.1) is 40.9 Å². The molecule has 1 unspecified atom stereocenters. The van der Waals surface area contributed by atoms with Gasteiger partial charge in [-0.1, -0.05) is 68.8 Å². The van der Waals surface area contributed by atoms with Crippen molar-refractivity contribution in [1.29, 1.82) is 0 Å². The number of fused-ring (bicyclic) bond motifs is 4. The summed E-state index contributed by atoms with van der Waals surface area (Å²) in [4.78, 5) is 68.8. The maximum Gasteiger partial charge on any atom is 0.287 e. The highest BCUT2D eigenvalue weighted by Crippen LogP contribution is 2.40. The zero-order valence-electron chi connectivity index (χ0n) is 41.6. The maximum atomic E-state index is 14.3. The zero-order valence-corrected chi connectivity index (χ0v) is 44.0. The maximum absolute atomic E-state index is 14.3. The van der Waals surface area contributed by atoms with E-state index in [1.165, 1.54) is 4.88 Å². The number of aromatic nitrogens is 4. The number of amides is 4. The Morgan fingerprint density at radius 2 is 1.69 bits per heavy atom. The quantitative estimate of drug-likeness (QED) is 0.0841. The molecule has 7 aromatic rings. The molecule has 0 aliphatic carbocycles. The van der Waals surface area contributed by atoms with Gasteiger partial charge in [0, 0.05) is 39.5 Å². The summed E-state index contributed by atoms with van der Waals surface area (Å²) >= 11 is 9.51. The molecule has 72 heavy (non-hydrogen) atoms. The van der Waals surface area contributed by atoms with Crippen molar-refractivity contribution >= 4 is 74.6 Å². The second-order valence-electron chi connectivity index (χ2n) is 19.6. The highest BCUT2D eigenvalue weighted by atomic mass is 35.5. The Kier molecular flexibility index (Phi) is 14.5. The van der Waals surface area contributed by atoms with Crippen molar-refractivity contribution in [1.82, 2.24) is 40.6 Å². The van der Waals surface area contributed by atoms with Gasteiger partial charge in [0.25, 0.3) is 5.91 Å². The Labute approximate surface area is 431 Å². The first kappa shape index (κ1) is 50.3. The smallest absolute Gasteiger partial charge is 0.287 e. The molecule has 1 fully saturated rings. The van der Waals surface area contributed by atoms with Crippen LogP contribution in [0.4, 0.5) is 0 Å². The fourth-order valence-corrected chi connectivity index (χ4v) is 11.5. The minimum absolute atomic E-state index is 0.0422. The molecule has 2 aliphatic rings. The van der Waals surface area contributed by atoms with Crippen LogP contribution in [0.15, 0.2) is 87.7 Å². The van der Waals surface area contributed by atoms with Crippen LogP contribution < -0.4 is 20.7 Å². The van der Waals surface area contributed by atoms with E-state index in [1.807, 2.05) is 100 Å². The summed E-state index contributed by atoms with van der Waals surface area (Å²) in [5, 5.41) is 20.2. The van der Waals surface area contributed by atoms with Crippen LogP contribution >= 0.6 is 34.3 Å². The number of hydrogen-bond acceptors (Lipinski definition) is 12. The van der Waals surface area contributed by atoms with Crippen LogP contribution in [-0.2, 0) is 14.4 Å². The Morgan fingerprint density at radius 3 is 2.42 bits per heavy atom. The number of rotatable bonds is 15. The average molecular weight is 1030 g/mol. The van der Waals surface area contributed by atoms with Crippen LogP contribution in [-0.4, -0.2) is 85.8 Å². The van der Waals surface area contributed by atoms with Crippen LogP contribution in [0.5, 0.6) is 5.75 Å². The summed E-state index contributed by atoms with van der Waals surface area (Å²) in [6, 6.07) is 20.1. The van der Waals surface area contributed by atoms with Crippen molar-refractivity contribution < 1.29 is 28.3 Å². The summed E-state index contributed by atoms with van der Waals surface area (Å²) in [6.45, 7) is 16.7. The summed E-state index contributed by atoms with van der Waals surface area (Å²) < 4.78 is 14.1. The molecule has 0 bridgehead atoms. The number of nitrogens with zero attached hydrogens (tertiary/aromatic N) is 6. The first-order valence-electron chi connectivity index (χ1n) is 24.2. The molecule has 0 spiro atoms. The lowest BCUT2D eigenvalue weighted by Crippen LogP contribution is -2.57. The highest BCUT2D eigenvalue weighted by Gasteiger charge is 2.42. The SMILES string of the molecule is Cc1ncsc1-c1ccc([C@H](C)NC(=O)[C@@H]2CCCN2C(=O)C(NC(=O)c2cc3cc(OCCCNC(=O)C[C@@H]4N=C(c5ccc(Cl)cc5)c5c(sc(C)c5C)-n5c(C)nnc54)ccc3o2)C(C)(C)C)cc1. The van der Waals surface area contributed by atoms with E-state index >= 15 is 0 Å². The Morgan fingerprint density at radius 1 is 0.944 bits per heavy atom. The van der Waals surface area contributed by atoms with Crippen LogP contribution in [0.1, 0.15) is 120 Å². The molecular formula is C54H58ClN9O6S2. The fourth-order valence-electron chi connectivity index (χ4n) is 9.31. The van der Waals surface area contributed by atoms with Crippen molar-refractivity contribution in [2.75, 3.05) is 19.7 Å². The molecule has 18 heteroatoms. The number of aryl methyl sites for hydroxylation is 3. The first-order valence-corrected chi connectivity index (χ1v) is 26.2. The lowest BCUT2D eigenvalue weighted by molar-refractivity contribution is -0.142. The van der Waals surface area contributed by atoms with Gasteiger partial charge < -0.3 is 30.0 Å². The number of nitrogens with one attached hydrogen (secondary N) is 3. The molecule has 4 amide bonds. The summed E-state index contributed by atoms with van der Waals surface area (Å²) in [6.07, 6.45) is 1.79. The normalized spacial score (nSPS) is 16.3. The molecule has 3 N–H and O–H groups in total. The summed E-state index contributed by atoms with van der Waals surface area (Å²) in [5.41, 5.74) is 8.42. The Bertz CT molecular complexity index is 3200. The number of thiophene rings is 1. The van der Waals surface area contributed by atoms with Gasteiger partial charge in [-0.3, -0.25) is 28.7 Å². The monoisotopic (exact) mass is 1030 g/mol. The van der Waals surface area contributed by atoms with E-state index in [4.69, 9.17) is 25.7 Å². The number of thiazole rings is 1. The predicted molar refractivity (Wildman–Crippen MR) is 282 cm³/mol. The summed E-state index contributed by atoms with van der Waals surface area (Å²) in [5.74, 6) is 0.660. The van der Waals surface area contributed by atoms with Crippen molar-refractivity contribution in [3.63, 3.8) is 0 Å². The number of aliphatic imine (C=N–C) groups is 1. The molecule has 374 valence electrons. The van der Waals surface area contributed by atoms with Crippen LogP contribution in [0.3, 0.4) is 0 Å². The second kappa shape index (κ2) is 20.8. The van der Waals surface area contributed by atoms with Crippen molar-refractivity contribution in [3.8, 4) is 21.2 Å². The Balaban J connectivity index is 0.786. The third kappa shape index (κ3) is 10.5. The molecule has 0 saturated carbocycles. The van der Waals surface area contributed by atoms with E-state index in [0.29, 0.717) is 66.5 Å². The molecule has 0 radical (unpaired) electrons. The molecule has 4 atom stereocenters. The van der Waals surface area contributed by atoms with Gasteiger partial charge in [-0.05, 0) is 112 Å². The molecule has 6 heterocycles. The lowest BCUT2D eigenvalue weighted by Gasteiger charge is -2.35. The van der Waals surface area contributed by atoms with E-state index in [1.54, 1.807) is 51.8 Å². The number of carbonyl (C=O) groups excluding carboxylic acids is 4. The third-order valence-corrected chi connectivity index (χ3v) is 15.8. The van der Waals surface area contributed by atoms with Gasteiger partial charge in [-0.2, -0.15) is 0 Å². The van der Waals surface area contributed by atoms with Gasteiger partial charge in [0.15, 0.2) is 11.6 Å². The topological polar surface area (TPSA) is 186 Å². The molecule has 1 saturated heterocycles. The zero-order chi connectivity index (χ0) is 51.0. The second-order valence-corrected chi connectivity index (χ2v) is 22.0. The van der Waals surface area contributed by atoms with Gasteiger partial charge in [0.1, 0.15) is 40.3 Å². The van der Waals surface area contributed by atoms with Crippen LogP contribution in [0.2, 0.25) is 5.02 Å². The summed E-state index contributed by atoms with van der Waals surface area (Å²) in [7, 11) is 0.